The van der Waals surface area contributed by atoms with Gasteiger partial charge in [-0.1, -0.05) is 0 Å². The quantitative estimate of drug-likeness (QED) is 0.778. The molecule has 1 saturated heterocycles. The molecule has 1 aliphatic heterocycles. The predicted molar refractivity (Wildman–Crippen MR) is 97.7 cm³/mol. The van der Waals surface area contributed by atoms with Crippen LogP contribution < -0.4 is 15.4 Å². The van der Waals surface area contributed by atoms with E-state index in [0.717, 1.165) is 24.5 Å². The molecule has 138 valence electrons. The van der Waals surface area contributed by atoms with E-state index >= 15 is 0 Å². The fourth-order valence-electron chi connectivity index (χ4n) is 2.90. The van der Waals surface area contributed by atoms with Crippen molar-refractivity contribution < 1.29 is 14.3 Å². The van der Waals surface area contributed by atoms with Gasteiger partial charge in [0.2, 0.25) is 11.8 Å². The smallest absolute Gasteiger partial charge is 0.236 e. The zero-order valence-corrected chi connectivity index (χ0v) is 15.3. The molecule has 0 bridgehead atoms. The van der Waals surface area contributed by atoms with Gasteiger partial charge in [0, 0.05) is 37.9 Å². The summed E-state index contributed by atoms with van der Waals surface area (Å²) in [6.07, 6.45) is 0. The molecule has 0 aliphatic carbocycles. The fraction of sp³-hybridized carbons (Fsp3) is 0.556. The Morgan fingerprint density at radius 1 is 1.12 bits per heavy atom. The highest BCUT2D eigenvalue weighted by Gasteiger charge is 2.24. The molecule has 1 aromatic carbocycles. The SMILES string of the molecule is COc1ccc(N2CCN(C(=O)CN(CC(N)=O)C(C)C)CC2)cc1. The lowest BCUT2D eigenvalue weighted by molar-refractivity contribution is -0.133. The lowest BCUT2D eigenvalue weighted by atomic mass is 10.2. The number of ether oxygens (including phenoxy) is 1. The number of hydrogen-bond acceptors (Lipinski definition) is 5. The van der Waals surface area contributed by atoms with Crippen molar-refractivity contribution in [1.82, 2.24) is 9.80 Å². The van der Waals surface area contributed by atoms with Crippen molar-refractivity contribution in [2.45, 2.75) is 19.9 Å². The van der Waals surface area contributed by atoms with E-state index in [4.69, 9.17) is 10.5 Å². The monoisotopic (exact) mass is 348 g/mol. The average Bonchev–Trinajstić information content (AvgIpc) is 2.61. The van der Waals surface area contributed by atoms with Gasteiger partial charge in [-0.05, 0) is 38.1 Å². The molecule has 1 heterocycles. The van der Waals surface area contributed by atoms with Gasteiger partial charge in [0.15, 0.2) is 0 Å². The number of nitrogens with two attached hydrogens (primary N) is 1. The van der Waals surface area contributed by atoms with Crippen LogP contribution in [0.1, 0.15) is 13.8 Å². The molecule has 2 amide bonds. The van der Waals surface area contributed by atoms with E-state index in [2.05, 4.69) is 4.90 Å². The molecular formula is C18H28N4O3. The van der Waals surface area contributed by atoms with Crippen LogP contribution in [0.4, 0.5) is 5.69 Å². The Morgan fingerprint density at radius 2 is 1.72 bits per heavy atom. The first-order valence-electron chi connectivity index (χ1n) is 8.60. The van der Waals surface area contributed by atoms with Crippen LogP contribution in [0, 0.1) is 0 Å². The molecule has 7 heteroatoms. The summed E-state index contributed by atoms with van der Waals surface area (Å²) in [6, 6.07) is 8.04. The highest BCUT2D eigenvalue weighted by atomic mass is 16.5. The third-order valence-corrected chi connectivity index (χ3v) is 4.50. The maximum Gasteiger partial charge on any atom is 0.236 e. The zero-order valence-electron chi connectivity index (χ0n) is 15.3. The van der Waals surface area contributed by atoms with E-state index < -0.39 is 5.91 Å². The summed E-state index contributed by atoms with van der Waals surface area (Å²) < 4.78 is 5.18. The molecule has 0 spiro atoms. The highest BCUT2D eigenvalue weighted by molar-refractivity contribution is 5.80. The standard InChI is InChI=1S/C18H28N4O3/c1-14(2)22(12-17(19)23)13-18(24)21-10-8-20(9-11-21)15-4-6-16(25-3)7-5-15/h4-7,14H,8-13H2,1-3H3,(H2,19,23). The topological polar surface area (TPSA) is 79.1 Å². The van der Waals surface area contributed by atoms with E-state index in [0.29, 0.717) is 13.1 Å². The van der Waals surface area contributed by atoms with Gasteiger partial charge in [0.25, 0.3) is 0 Å². The summed E-state index contributed by atoms with van der Waals surface area (Å²) in [5.41, 5.74) is 6.40. The Morgan fingerprint density at radius 3 is 2.20 bits per heavy atom. The van der Waals surface area contributed by atoms with Crippen LogP contribution in [0.3, 0.4) is 0 Å². The molecule has 0 atom stereocenters. The van der Waals surface area contributed by atoms with Gasteiger partial charge in [-0.25, -0.2) is 0 Å². The Kier molecular flexibility index (Phi) is 6.64. The molecule has 2 rings (SSSR count). The normalized spacial score (nSPS) is 14.9. The first kappa shape index (κ1) is 19.1. The van der Waals surface area contributed by atoms with Crippen LogP contribution in [0.2, 0.25) is 0 Å². The number of rotatable bonds is 7. The van der Waals surface area contributed by atoms with Crippen LogP contribution in [0.15, 0.2) is 24.3 Å². The number of primary amides is 1. The first-order chi connectivity index (χ1) is 11.9. The van der Waals surface area contributed by atoms with Crippen molar-refractivity contribution >= 4 is 17.5 Å². The molecular weight excluding hydrogens is 320 g/mol. The summed E-state index contributed by atoms with van der Waals surface area (Å²) in [4.78, 5) is 29.6. The summed E-state index contributed by atoms with van der Waals surface area (Å²) in [5, 5.41) is 0. The molecule has 7 nitrogen and oxygen atoms in total. The third-order valence-electron chi connectivity index (χ3n) is 4.50. The molecule has 1 aromatic rings. The van der Waals surface area contributed by atoms with Crippen molar-refractivity contribution in [2.24, 2.45) is 5.73 Å². The highest BCUT2D eigenvalue weighted by Crippen LogP contribution is 2.20. The maximum atomic E-state index is 12.5. The number of hydrogen-bond donors (Lipinski definition) is 1. The van der Waals surface area contributed by atoms with Crippen molar-refractivity contribution in [3.8, 4) is 5.75 Å². The van der Waals surface area contributed by atoms with Crippen molar-refractivity contribution in [3.05, 3.63) is 24.3 Å². The second-order valence-electron chi connectivity index (χ2n) is 6.53. The number of piperazine rings is 1. The summed E-state index contributed by atoms with van der Waals surface area (Å²) in [5.74, 6) is 0.468. The van der Waals surface area contributed by atoms with Gasteiger partial charge >= 0.3 is 0 Å². The van der Waals surface area contributed by atoms with Gasteiger partial charge in [-0.15, -0.1) is 0 Å². The molecule has 1 fully saturated rings. The Hall–Kier alpha value is -2.28. The van der Waals surface area contributed by atoms with E-state index in [9.17, 15) is 9.59 Å². The van der Waals surface area contributed by atoms with Gasteiger partial charge in [0.05, 0.1) is 20.2 Å². The fourth-order valence-corrected chi connectivity index (χ4v) is 2.90. The number of anilines is 1. The second kappa shape index (κ2) is 8.71. The summed E-state index contributed by atoms with van der Waals surface area (Å²) in [7, 11) is 1.65. The molecule has 0 aromatic heterocycles. The van der Waals surface area contributed by atoms with Crippen LogP contribution >= 0.6 is 0 Å². The molecule has 2 N–H and O–H groups in total. The predicted octanol–water partition coefficient (Wildman–Crippen LogP) is 0.540. The Bertz CT molecular complexity index is 580. The van der Waals surface area contributed by atoms with Gasteiger partial charge in [-0.3, -0.25) is 14.5 Å². The van der Waals surface area contributed by atoms with Crippen molar-refractivity contribution in [2.75, 3.05) is 51.3 Å². The molecule has 0 saturated carbocycles. The van der Waals surface area contributed by atoms with Gasteiger partial charge in [0.1, 0.15) is 5.75 Å². The minimum atomic E-state index is -0.411. The van der Waals surface area contributed by atoms with E-state index in [1.807, 2.05) is 43.0 Å². The lowest BCUT2D eigenvalue weighted by Gasteiger charge is -2.37. The number of benzene rings is 1. The largest absolute Gasteiger partial charge is 0.497 e. The molecule has 0 radical (unpaired) electrons. The first-order valence-corrected chi connectivity index (χ1v) is 8.60. The number of amides is 2. The van der Waals surface area contributed by atoms with E-state index in [1.54, 1.807) is 12.0 Å². The minimum absolute atomic E-state index is 0.0457. The minimum Gasteiger partial charge on any atom is -0.497 e. The van der Waals surface area contributed by atoms with Crippen LogP contribution in [-0.2, 0) is 9.59 Å². The van der Waals surface area contributed by atoms with Crippen LogP contribution in [0.5, 0.6) is 5.75 Å². The number of carbonyl (C=O) groups is 2. The molecule has 0 unspecified atom stereocenters. The van der Waals surface area contributed by atoms with E-state index in [-0.39, 0.29) is 25.0 Å². The maximum absolute atomic E-state index is 12.5. The van der Waals surface area contributed by atoms with Crippen molar-refractivity contribution in [3.63, 3.8) is 0 Å². The zero-order chi connectivity index (χ0) is 18.4. The van der Waals surface area contributed by atoms with Gasteiger partial charge < -0.3 is 20.3 Å². The average molecular weight is 348 g/mol. The summed E-state index contributed by atoms with van der Waals surface area (Å²) >= 11 is 0. The number of nitrogens with zero attached hydrogens (tertiary/aromatic N) is 3. The van der Waals surface area contributed by atoms with Crippen LogP contribution in [0.25, 0.3) is 0 Å². The van der Waals surface area contributed by atoms with E-state index in [1.165, 1.54) is 0 Å². The Balaban J connectivity index is 1.87. The molecule has 25 heavy (non-hydrogen) atoms. The third kappa shape index (κ3) is 5.35. The van der Waals surface area contributed by atoms with Gasteiger partial charge in [-0.2, -0.15) is 0 Å². The lowest BCUT2D eigenvalue weighted by Crippen LogP contribution is -2.52. The van der Waals surface area contributed by atoms with Crippen LogP contribution in [-0.4, -0.2) is 74.0 Å². The summed E-state index contributed by atoms with van der Waals surface area (Å²) in [6.45, 7) is 7.17. The second-order valence-corrected chi connectivity index (χ2v) is 6.53. The molecule has 1 aliphatic rings. The number of carbonyl (C=O) groups excluding carboxylic acids is 2. The number of methoxy groups -OCH3 is 1. The Labute approximate surface area is 149 Å². The van der Waals surface area contributed by atoms with Crippen molar-refractivity contribution in [1.29, 1.82) is 0 Å².